The molecule has 1 aliphatic carbocycles. The fraction of sp³-hybridized carbons (Fsp3) is 0.368. The molecule has 0 saturated carbocycles. The summed E-state index contributed by atoms with van der Waals surface area (Å²) >= 11 is 3.24. The second kappa shape index (κ2) is 8.06. The van der Waals surface area contributed by atoms with Gasteiger partial charge in [0.25, 0.3) is 11.8 Å². The lowest BCUT2D eigenvalue weighted by atomic mass is 10.1. The van der Waals surface area contributed by atoms with Crippen molar-refractivity contribution in [2.75, 3.05) is 11.1 Å². The first-order valence-corrected chi connectivity index (χ1v) is 10.4. The van der Waals surface area contributed by atoms with E-state index in [0.29, 0.717) is 16.1 Å². The normalized spacial score (nSPS) is 13.8. The first-order chi connectivity index (χ1) is 12.1. The van der Waals surface area contributed by atoms with E-state index in [2.05, 4.69) is 12.2 Å². The highest BCUT2D eigenvalue weighted by Crippen LogP contribution is 2.37. The van der Waals surface area contributed by atoms with Gasteiger partial charge in [0.2, 0.25) is 0 Å². The molecule has 3 N–H and O–H groups in total. The van der Waals surface area contributed by atoms with Crippen LogP contribution >= 0.6 is 23.1 Å². The van der Waals surface area contributed by atoms with Crippen molar-refractivity contribution in [3.63, 3.8) is 0 Å². The summed E-state index contributed by atoms with van der Waals surface area (Å²) < 4.78 is 0. The van der Waals surface area contributed by atoms with Gasteiger partial charge < -0.3 is 11.1 Å². The third-order valence-corrected chi connectivity index (χ3v) is 6.42. The van der Waals surface area contributed by atoms with Crippen molar-refractivity contribution in [1.82, 2.24) is 0 Å². The van der Waals surface area contributed by atoms with E-state index in [1.807, 2.05) is 24.3 Å². The number of amides is 2. The number of hydrogen-bond donors (Lipinski definition) is 2. The van der Waals surface area contributed by atoms with E-state index in [1.54, 1.807) is 11.8 Å². The molecule has 2 amide bonds. The van der Waals surface area contributed by atoms with Crippen LogP contribution in [-0.4, -0.2) is 17.6 Å². The molecule has 4 nitrogen and oxygen atoms in total. The number of nitrogens with two attached hydrogens (primary N) is 1. The Morgan fingerprint density at radius 3 is 2.56 bits per heavy atom. The fourth-order valence-corrected chi connectivity index (χ4v) is 5.09. The molecular formula is C19H22N2O2S2. The smallest absolute Gasteiger partial charge is 0.256 e. The van der Waals surface area contributed by atoms with Crippen LogP contribution in [0.25, 0.3) is 0 Å². The van der Waals surface area contributed by atoms with Crippen molar-refractivity contribution in [1.29, 1.82) is 0 Å². The molecule has 6 heteroatoms. The van der Waals surface area contributed by atoms with Crippen LogP contribution in [-0.2, 0) is 12.8 Å². The van der Waals surface area contributed by atoms with Gasteiger partial charge in [0, 0.05) is 15.3 Å². The van der Waals surface area contributed by atoms with E-state index in [1.165, 1.54) is 22.6 Å². The summed E-state index contributed by atoms with van der Waals surface area (Å²) in [5.41, 5.74) is 7.75. The molecule has 1 heterocycles. The highest BCUT2D eigenvalue weighted by atomic mass is 32.2. The zero-order chi connectivity index (χ0) is 17.8. The molecule has 1 aromatic heterocycles. The van der Waals surface area contributed by atoms with E-state index >= 15 is 0 Å². The van der Waals surface area contributed by atoms with E-state index in [0.717, 1.165) is 41.9 Å². The van der Waals surface area contributed by atoms with E-state index < -0.39 is 5.91 Å². The number of benzene rings is 1. The summed E-state index contributed by atoms with van der Waals surface area (Å²) in [6, 6.07) is 7.52. The highest BCUT2D eigenvalue weighted by Gasteiger charge is 2.24. The number of thioether (sulfide) groups is 1. The van der Waals surface area contributed by atoms with Crippen LogP contribution in [0.4, 0.5) is 5.00 Å². The molecular weight excluding hydrogens is 352 g/mol. The van der Waals surface area contributed by atoms with Crippen LogP contribution in [0.5, 0.6) is 0 Å². The summed E-state index contributed by atoms with van der Waals surface area (Å²) in [7, 11) is 0. The zero-order valence-electron chi connectivity index (χ0n) is 14.3. The van der Waals surface area contributed by atoms with E-state index in [-0.39, 0.29) is 5.91 Å². The second-order valence-electron chi connectivity index (χ2n) is 6.04. The molecule has 0 fully saturated rings. The third kappa shape index (κ3) is 4.07. The van der Waals surface area contributed by atoms with Crippen molar-refractivity contribution in [2.24, 2.45) is 5.73 Å². The Bertz CT molecular complexity index is 781. The largest absolute Gasteiger partial charge is 0.365 e. The first-order valence-electron chi connectivity index (χ1n) is 8.58. The second-order valence-corrected chi connectivity index (χ2v) is 8.49. The predicted octanol–water partition coefficient (Wildman–Crippen LogP) is 4.48. The number of nitrogens with one attached hydrogen (secondary N) is 1. The van der Waals surface area contributed by atoms with Crippen LogP contribution in [0.1, 0.15) is 57.3 Å². The van der Waals surface area contributed by atoms with Crippen molar-refractivity contribution in [2.45, 2.75) is 43.9 Å². The number of hydrogen-bond acceptors (Lipinski definition) is 4. The van der Waals surface area contributed by atoms with Gasteiger partial charge in [-0.25, -0.2) is 0 Å². The van der Waals surface area contributed by atoms with Crippen LogP contribution < -0.4 is 11.1 Å². The maximum atomic E-state index is 12.6. The summed E-state index contributed by atoms with van der Waals surface area (Å²) in [6.45, 7) is 2.09. The van der Waals surface area contributed by atoms with Crippen LogP contribution in [0, 0.1) is 0 Å². The maximum Gasteiger partial charge on any atom is 0.256 e. The van der Waals surface area contributed by atoms with Crippen LogP contribution in [0.2, 0.25) is 0 Å². The van der Waals surface area contributed by atoms with Gasteiger partial charge in [-0.15, -0.1) is 23.1 Å². The van der Waals surface area contributed by atoms with E-state index in [9.17, 15) is 9.59 Å². The minimum Gasteiger partial charge on any atom is -0.365 e. The number of anilines is 1. The Kier molecular flexibility index (Phi) is 5.81. The number of aryl methyl sites for hydroxylation is 1. The van der Waals surface area contributed by atoms with E-state index in [4.69, 9.17) is 5.73 Å². The van der Waals surface area contributed by atoms with Gasteiger partial charge in [0.05, 0.1) is 5.56 Å². The summed E-state index contributed by atoms with van der Waals surface area (Å²) in [5, 5.41) is 3.50. The van der Waals surface area contributed by atoms with Gasteiger partial charge in [0.1, 0.15) is 5.00 Å². The number of rotatable bonds is 5. The predicted molar refractivity (Wildman–Crippen MR) is 105 cm³/mol. The van der Waals surface area contributed by atoms with Gasteiger partial charge in [-0.3, -0.25) is 9.59 Å². The molecule has 0 atom stereocenters. The Balaban J connectivity index is 1.84. The average molecular weight is 375 g/mol. The summed E-state index contributed by atoms with van der Waals surface area (Å²) in [5.74, 6) is 0.338. The molecule has 1 aliphatic rings. The monoisotopic (exact) mass is 374 g/mol. The molecule has 0 saturated heterocycles. The number of thiophene rings is 1. The van der Waals surface area contributed by atoms with Gasteiger partial charge in [0.15, 0.2) is 0 Å². The molecule has 0 radical (unpaired) electrons. The Hall–Kier alpha value is -1.79. The lowest BCUT2D eigenvalue weighted by Gasteiger charge is -2.07. The topological polar surface area (TPSA) is 72.2 Å². The minimum atomic E-state index is -0.454. The van der Waals surface area contributed by atoms with Crippen molar-refractivity contribution < 1.29 is 9.59 Å². The van der Waals surface area contributed by atoms with Gasteiger partial charge in [-0.05, 0) is 61.3 Å². The molecule has 0 aliphatic heterocycles. The Morgan fingerprint density at radius 1 is 1.16 bits per heavy atom. The van der Waals surface area contributed by atoms with Gasteiger partial charge in [-0.1, -0.05) is 13.3 Å². The quantitative estimate of drug-likeness (QED) is 0.599. The minimum absolute atomic E-state index is 0.202. The number of carbonyl (C=O) groups is 2. The molecule has 2 aromatic rings. The summed E-state index contributed by atoms with van der Waals surface area (Å²) in [6.07, 6.45) is 5.18. The molecule has 0 bridgehead atoms. The number of carbonyl (C=O) groups excluding carboxylic acids is 2. The lowest BCUT2D eigenvalue weighted by molar-refractivity contribution is 0.100. The Labute approximate surface area is 156 Å². The lowest BCUT2D eigenvalue weighted by Crippen LogP contribution is -2.18. The SMILES string of the molecule is CCSc1ccc(C(=O)Nc2sc3c(c2C(N)=O)CCCCC3)cc1. The highest BCUT2D eigenvalue weighted by molar-refractivity contribution is 7.99. The molecule has 132 valence electrons. The van der Waals surface area contributed by atoms with Crippen LogP contribution in [0.3, 0.4) is 0 Å². The molecule has 25 heavy (non-hydrogen) atoms. The molecule has 1 aromatic carbocycles. The maximum absolute atomic E-state index is 12.6. The van der Waals surface area contributed by atoms with Gasteiger partial charge in [-0.2, -0.15) is 0 Å². The van der Waals surface area contributed by atoms with Crippen molar-refractivity contribution in [3.05, 3.63) is 45.8 Å². The standard InChI is InChI=1S/C19H22N2O2S2/c1-2-24-13-10-8-12(9-11-13)18(23)21-19-16(17(20)22)14-6-4-3-5-7-15(14)25-19/h8-11H,2-7H2,1H3,(H2,20,22)(H,21,23). The third-order valence-electron chi connectivity index (χ3n) is 4.32. The average Bonchev–Trinajstić information content (AvgIpc) is 2.77. The number of primary amides is 1. The molecule has 0 unspecified atom stereocenters. The zero-order valence-corrected chi connectivity index (χ0v) is 15.9. The summed E-state index contributed by atoms with van der Waals surface area (Å²) in [4.78, 5) is 26.9. The molecule has 3 rings (SSSR count). The fourth-order valence-electron chi connectivity index (χ4n) is 3.14. The van der Waals surface area contributed by atoms with Gasteiger partial charge >= 0.3 is 0 Å². The van der Waals surface area contributed by atoms with Crippen molar-refractivity contribution in [3.8, 4) is 0 Å². The van der Waals surface area contributed by atoms with Crippen molar-refractivity contribution >= 4 is 39.9 Å². The number of fused-ring (bicyclic) bond motifs is 1. The van der Waals surface area contributed by atoms with Crippen LogP contribution in [0.15, 0.2) is 29.2 Å². The first kappa shape index (κ1) is 18.0. The molecule has 0 spiro atoms. The Morgan fingerprint density at radius 2 is 1.88 bits per heavy atom.